The Kier molecular flexibility index (Phi) is 17.4. The van der Waals surface area contributed by atoms with Crippen LogP contribution in [0.4, 0.5) is 0 Å². The van der Waals surface area contributed by atoms with Crippen LogP contribution < -0.4 is 0 Å². The van der Waals surface area contributed by atoms with Crippen molar-refractivity contribution in [3.63, 3.8) is 0 Å². The first kappa shape index (κ1) is 21.3. The molecular weight excluding hydrogens is 192 g/mol. The summed E-state index contributed by atoms with van der Waals surface area (Å²) in [5, 5.41) is 0. The molecule has 0 bridgehead atoms. The molecule has 16 heavy (non-hydrogen) atoms. The van der Waals surface area contributed by atoms with E-state index in [1.165, 1.54) is 19.3 Å². The average molecular weight is 230 g/mol. The minimum Gasteiger partial charge on any atom is -0.0654 e. The summed E-state index contributed by atoms with van der Waals surface area (Å²) in [7, 11) is 0. The molecule has 0 heterocycles. The van der Waals surface area contributed by atoms with E-state index < -0.39 is 0 Å². The van der Waals surface area contributed by atoms with E-state index in [1.54, 1.807) is 0 Å². The van der Waals surface area contributed by atoms with Crippen molar-refractivity contribution in [2.75, 3.05) is 0 Å². The van der Waals surface area contributed by atoms with Crippen molar-refractivity contribution in [3.8, 4) is 0 Å². The maximum Gasteiger partial charge on any atom is -0.0357 e. The van der Waals surface area contributed by atoms with Gasteiger partial charge in [-0.1, -0.05) is 82.1 Å². The summed E-state index contributed by atoms with van der Waals surface area (Å²) >= 11 is 0. The summed E-state index contributed by atoms with van der Waals surface area (Å²) in [6.45, 7) is 22.2. The molecule has 0 saturated carbocycles. The molecule has 0 aliphatic heterocycles. The maximum atomic E-state index is 2.33. The molecule has 0 unspecified atom stereocenters. The molecule has 0 amide bonds. The van der Waals surface area contributed by atoms with Crippen molar-refractivity contribution in [1.82, 2.24) is 0 Å². The highest BCUT2D eigenvalue weighted by molar-refractivity contribution is 4.63. The zero-order chi connectivity index (χ0) is 13.8. The van der Waals surface area contributed by atoms with Crippen molar-refractivity contribution in [3.05, 3.63) is 0 Å². The highest BCUT2D eigenvalue weighted by atomic mass is 14.2. The second kappa shape index (κ2) is 13.1. The molecule has 0 saturated heterocycles. The minimum atomic E-state index is 0.592. The molecule has 0 N–H and O–H groups in total. The number of rotatable bonds is 3. The lowest BCUT2D eigenvalue weighted by atomic mass is 9.86. The summed E-state index contributed by atoms with van der Waals surface area (Å²) < 4.78 is 0. The monoisotopic (exact) mass is 230 g/mol. The Morgan fingerprint density at radius 2 is 1.00 bits per heavy atom. The fraction of sp³-hybridized carbons (Fsp3) is 1.00. The molecule has 0 nitrogen and oxygen atoms in total. The van der Waals surface area contributed by atoms with Gasteiger partial charge >= 0.3 is 0 Å². The van der Waals surface area contributed by atoms with Crippen LogP contribution in [-0.2, 0) is 0 Å². The SMILES string of the molecule is CC(C)C.CC(C)C.CCCC(C)(C)CC. The smallest absolute Gasteiger partial charge is 0.0357 e. The Morgan fingerprint density at radius 3 is 1.06 bits per heavy atom. The third-order valence-electron chi connectivity index (χ3n) is 1.88. The molecule has 0 aromatic carbocycles. The van der Waals surface area contributed by atoms with Crippen molar-refractivity contribution in [2.45, 2.75) is 88.5 Å². The van der Waals surface area contributed by atoms with Crippen LogP contribution in [0, 0.1) is 17.3 Å². The van der Waals surface area contributed by atoms with E-state index in [9.17, 15) is 0 Å². The van der Waals surface area contributed by atoms with Crippen LogP contribution in [0.1, 0.15) is 88.5 Å². The Labute approximate surface area is 106 Å². The first-order valence-electron chi connectivity index (χ1n) is 7.09. The summed E-state index contributed by atoms with van der Waals surface area (Å²) in [4.78, 5) is 0. The van der Waals surface area contributed by atoms with Crippen LogP contribution in [0.25, 0.3) is 0 Å². The Hall–Kier alpha value is 0. The second-order valence-corrected chi connectivity index (χ2v) is 6.73. The van der Waals surface area contributed by atoms with Gasteiger partial charge in [0.15, 0.2) is 0 Å². The van der Waals surface area contributed by atoms with Crippen LogP contribution in [-0.4, -0.2) is 0 Å². The molecule has 102 valence electrons. The van der Waals surface area contributed by atoms with Crippen molar-refractivity contribution >= 4 is 0 Å². The molecule has 0 aromatic heterocycles. The molecule has 0 rings (SSSR count). The van der Waals surface area contributed by atoms with Gasteiger partial charge in [-0.25, -0.2) is 0 Å². The van der Waals surface area contributed by atoms with Gasteiger partial charge in [0.2, 0.25) is 0 Å². The zero-order valence-corrected chi connectivity index (χ0v) is 13.8. The van der Waals surface area contributed by atoms with Crippen LogP contribution in [0.15, 0.2) is 0 Å². The van der Waals surface area contributed by atoms with Gasteiger partial charge in [0, 0.05) is 0 Å². The van der Waals surface area contributed by atoms with Crippen LogP contribution in [0.3, 0.4) is 0 Å². The average Bonchev–Trinajstić information content (AvgIpc) is 2.02. The predicted molar refractivity (Wildman–Crippen MR) is 80.0 cm³/mol. The van der Waals surface area contributed by atoms with Gasteiger partial charge in [-0.3, -0.25) is 0 Å². The molecular formula is C16H38. The summed E-state index contributed by atoms with van der Waals surface area (Å²) in [6.07, 6.45) is 3.99. The van der Waals surface area contributed by atoms with E-state index in [0.29, 0.717) is 5.41 Å². The molecule has 0 fully saturated rings. The minimum absolute atomic E-state index is 0.592. The fourth-order valence-electron chi connectivity index (χ4n) is 0.854. The lowest BCUT2D eigenvalue weighted by Gasteiger charge is -2.20. The van der Waals surface area contributed by atoms with Gasteiger partial charge in [-0.15, -0.1) is 0 Å². The number of hydrogen-bond donors (Lipinski definition) is 0. The molecule has 0 aliphatic rings. The van der Waals surface area contributed by atoms with Crippen LogP contribution in [0.5, 0.6) is 0 Å². The molecule has 0 aromatic rings. The highest BCUT2D eigenvalue weighted by Crippen LogP contribution is 2.25. The molecule has 0 heteroatoms. The maximum absolute atomic E-state index is 2.33. The first-order valence-corrected chi connectivity index (χ1v) is 7.09. The van der Waals surface area contributed by atoms with Gasteiger partial charge in [-0.05, 0) is 23.7 Å². The standard InChI is InChI=1S/C8H18.2C4H10/c1-5-7-8(3,4)6-2;2*1-4(2)3/h5-7H2,1-4H3;2*4H,1-3H3. The Morgan fingerprint density at radius 1 is 0.750 bits per heavy atom. The van der Waals surface area contributed by atoms with E-state index in [4.69, 9.17) is 0 Å². The lowest BCUT2D eigenvalue weighted by Crippen LogP contribution is -2.07. The largest absolute Gasteiger partial charge is 0.0654 e. The van der Waals surface area contributed by atoms with Gasteiger partial charge in [-0.2, -0.15) is 0 Å². The molecule has 0 aliphatic carbocycles. The lowest BCUT2D eigenvalue weighted by molar-refractivity contribution is 0.319. The van der Waals surface area contributed by atoms with Gasteiger partial charge in [0.1, 0.15) is 0 Å². The van der Waals surface area contributed by atoms with Crippen molar-refractivity contribution < 1.29 is 0 Å². The van der Waals surface area contributed by atoms with E-state index in [2.05, 4.69) is 69.2 Å². The van der Waals surface area contributed by atoms with Crippen LogP contribution >= 0.6 is 0 Å². The normalized spacial score (nSPS) is 10.5. The van der Waals surface area contributed by atoms with Gasteiger partial charge < -0.3 is 0 Å². The fourth-order valence-corrected chi connectivity index (χ4v) is 0.854. The van der Waals surface area contributed by atoms with E-state index in [1.807, 2.05) is 0 Å². The first-order chi connectivity index (χ1) is 7.09. The van der Waals surface area contributed by atoms with E-state index in [-0.39, 0.29) is 0 Å². The van der Waals surface area contributed by atoms with Crippen LogP contribution in [0.2, 0.25) is 0 Å². The van der Waals surface area contributed by atoms with Crippen molar-refractivity contribution in [1.29, 1.82) is 0 Å². The Bertz CT molecular complexity index is 97.7. The summed E-state index contributed by atoms with van der Waals surface area (Å²) in [6, 6.07) is 0. The third kappa shape index (κ3) is 48.3. The quantitative estimate of drug-likeness (QED) is 0.516. The highest BCUT2D eigenvalue weighted by Gasteiger charge is 2.11. The molecule has 0 spiro atoms. The summed E-state index contributed by atoms with van der Waals surface area (Å²) in [5.74, 6) is 1.67. The van der Waals surface area contributed by atoms with E-state index >= 15 is 0 Å². The topological polar surface area (TPSA) is 0 Å². The van der Waals surface area contributed by atoms with Crippen molar-refractivity contribution in [2.24, 2.45) is 17.3 Å². The second-order valence-electron chi connectivity index (χ2n) is 6.73. The Balaban J connectivity index is -0.000000179. The zero-order valence-electron chi connectivity index (χ0n) is 13.8. The third-order valence-corrected chi connectivity index (χ3v) is 1.88. The molecule has 0 atom stereocenters. The molecule has 0 radical (unpaired) electrons. The predicted octanol–water partition coefficient (Wildman–Crippen LogP) is 6.55. The number of hydrogen-bond acceptors (Lipinski definition) is 0. The van der Waals surface area contributed by atoms with E-state index in [0.717, 1.165) is 11.8 Å². The van der Waals surface area contributed by atoms with Gasteiger partial charge in [0.25, 0.3) is 0 Å². The van der Waals surface area contributed by atoms with Gasteiger partial charge in [0.05, 0.1) is 0 Å². The summed E-state index contributed by atoms with van der Waals surface area (Å²) in [5.41, 5.74) is 0.592.